The first-order chi connectivity index (χ1) is 10.6. The second-order valence-corrected chi connectivity index (χ2v) is 11.3. The van der Waals surface area contributed by atoms with Crippen molar-refractivity contribution in [2.24, 2.45) is 0 Å². The smallest absolute Gasteiger partial charge is 0.401 e. The van der Waals surface area contributed by atoms with Crippen molar-refractivity contribution < 1.29 is 22.3 Å². The molecule has 6 heteroatoms. The third-order valence-electron chi connectivity index (χ3n) is 4.07. The molecule has 0 aliphatic heterocycles. The van der Waals surface area contributed by atoms with Crippen LogP contribution < -0.4 is 0 Å². The topological polar surface area (TPSA) is 18.5 Å². The van der Waals surface area contributed by atoms with Gasteiger partial charge in [-0.15, -0.1) is 0 Å². The van der Waals surface area contributed by atoms with Crippen molar-refractivity contribution in [2.75, 3.05) is 7.11 Å². The normalized spacial score (nSPS) is 25.9. The first-order valence-electron chi connectivity index (χ1n) is 7.65. The number of rotatable bonds is 4. The molecule has 0 radical (unpaired) electrons. The van der Waals surface area contributed by atoms with Gasteiger partial charge in [0.15, 0.2) is 0 Å². The van der Waals surface area contributed by atoms with Crippen molar-refractivity contribution >= 4 is 8.32 Å². The van der Waals surface area contributed by atoms with E-state index in [0.717, 1.165) is 0 Å². The molecule has 2 rings (SSSR count). The monoisotopic (exact) mass is 344 g/mol. The van der Waals surface area contributed by atoms with Crippen LogP contribution in [0.15, 0.2) is 42.2 Å². The zero-order valence-electron chi connectivity index (χ0n) is 13.9. The SMILES string of the molecule is COC1C=C(O[Si](C)(C)C)CCC1(c1ccccc1)C(F)(F)F. The van der Waals surface area contributed by atoms with Crippen LogP contribution in [0.25, 0.3) is 0 Å². The summed E-state index contributed by atoms with van der Waals surface area (Å²) in [5.41, 5.74) is -1.79. The van der Waals surface area contributed by atoms with Gasteiger partial charge >= 0.3 is 6.18 Å². The maximum Gasteiger partial charge on any atom is 0.401 e. The summed E-state index contributed by atoms with van der Waals surface area (Å²) in [6.45, 7) is 6.04. The summed E-state index contributed by atoms with van der Waals surface area (Å²) in [6, 6.07) is 8.03. The van der Waals surface area contributed by atoms with Gasteiger partial charge in [0.25, 0.3) is 0 Å². The Morgan fingerprint density at radius 2 is 1.74 bits per heavy atom. The summed E-state index contributed by atoms with van der Waals surface area (Å²) < 4.78 is 53.3. The lowest BCUT2D eigenvalue weighted by Gasteiger charge is -2.44. The number of alkyl halides is 3. The van der Waals surface area contributed by atoms with E-state index in [2.05, 4.69) is 0 Å². The quantitative estimate of drug-likeness (QED) is 0.713. The molecule has 0 aromatic heterocycles. The molecule has 0 N–H and O–H groups in total. The van der Waals surface area contributed by atoms with Crippen molar-refractivity contribution in [1.82, 2.24) is 0 Å². The van der Waals surface area contributed by atoms with Crippen LogP contribution in [-0.2, 0) is 14.6 Å². The fourth-order valence-electron chi connectivity index (χ4n) is 3.12. The predicted molar refractivity (Wildman–Crippen MR) is 86.7 cm³/mol. The van der Waals surface area contributed by atoms with E-state index in [0.29, 0.717) is 5.76 Å². The molecule has 2 atom stereocenters. The summed E-state index contributed by atoms with van der Waals surface area (Å²) in [4.78, 5) is 0. The molecule has 0 saturated carbocycles. The fraction of sp³-hybridized carbons (Fsp3) is 0.529. The van der Waals surface area contributed by atoms with E-state index in [1.54, 1.807) is 18.2 Å². The standard InChI is InChI=1S/C17H23F3O2Si/c1-21-15-12-14(22-23(2,3)4)10-11-16(15,17(18,19)20)13-8-6-5-7-9-13/h5-9,12,15H,10-11H2,1-4H3. The van der Waals surface area contributed by atoms with Crippen molar-refractivity contribution in [2.45, 2.75) is 50.2 Å². The predicted octanol–water partition coefficient (Wildman–Crippen LogP) is 5.03. The maximum absolute atomic E-state index is 14.0. The Morgan fingerprint density at radius 1 is 1.13 bits per heavy atom. The van der Waals surface area contributed by atoms with Gasteiger partial charge in [0.2, 0.25) is 8.32 Å². The number of halogens is 3. The Balaban J connectivity index is 2.49. The number of hydrogen-bond donors (Lipinski definition) is 0. The molecule has 0 saturated heterocycles. The highest BCUT2D eigenvalue weighted by Gasteiger charge is 2.61. The highest BCUT2D eigenvalue weighted by molar-refractivity contribution is 6.70. The van der Waals surface area contributed by atoms with E-state index in [1.165, 1.54) is 25.3 Å². The zero-order valence-corrected chi connectivity index (χ0v) is 14.9. The number of benzene rings is 1. The van der Waals surface area contributed by atoms with Crippen molar-refractivity contribution in [1.29, 1.82) is 0 Å². The summed E-state index contributed by atoms with van der Waals surface area (Å²) in [5.74, 6) is 0.617. The molecular formula is C17H23F3O2Si. The molecule has 0 spiro atoms. The van der Waals surface area contributed by atoms with E-state index < -0.39 is 26.0 Å². The minimum Gasteiger partial charge on any atom is -0.547 e. The van der Waals surface area contributed by atoms with Crippen LogP contribution >= 0.6 is 0 Å². The van der Waals surface area contributed by atoms with Crippen molar-refractivity contribution in [3.8, 4) is 0 Å². The first-order valence-corrected chi connectivity index (χ1v) is 11.1. The molecule has 2 nitrogen and oxygen atoms in total. The van der Waals surface area contributed by atoms with Crippen LogP contribution in [0.2, 0.25) is 19.6 Å². The Morgan fingerprint density at radius 3 is 2.22 bits per heavy atom. The molecule has 0 amide bonds. The van der Waals surface area contributed by atoms with Gasteiger partial charge < -0.3 is 9.16 Å². The Hall–Kier alpha value is -1.27. The maximum atomic E-state index is 14.0. The fourth-order valence-corrected chi connectivity index (χ4v) is 4.07. The first kappa shape index (κ1) is 18.1. The van der Waals surface area contributed by atoms with Crippen LogP contribution in [0.1, 0.15) is 18.4 Å². The highest BCUT2D eigenvalue weighted by Crippen LogP contribution is 2.51. The molecular weight excluding hydrogens is 321 g/mol. The van der Waals surface area contributed by atoms with E-state index in [9.17, 15) is 13.2 Å². The number of methoxy groups -OCH3 is 1. The molecule has 1 aliphatic rings. The van der Waals surface area contributed by atoms with E-state index in [4.69, 9.17) is 9.16 Å². The third-order valence-corrected chi connectivity index (χ3v) is 4.95. The van der Waals surface area contributed by atoms with Gasteiger partial charge in [-0.1, -0.05) is 30.3 Å². The van der Waals surface area contributed by atoms with Gasteiger partial charge in [-0.25, -0.2) is 0 Å². The Labute approximate surface area is 136 Å². The Kier molecular flexibility index (Phi) is 4.96. The molecule has 1 aliphatic carbocycles. The minimum atomic E-state index is -4.41. The van der Waals surface area contributed by atoms with E-state index in [1.807, 2.05) is 19.6 Å². The van der Waals surface area contributed by atoms with Gasteiger partial charge in [0, 0.05) is 13.5 Å². The zero-order chi connectivity index (χ0) is 17.3. The summed E-state index contributed by atoms with van der Waals surface area (Å²) in [5, 5.41) is 0. The van der Waals surface area contributed by atoms with Crippen LogP contribution in [0.5, 0.6) is 0 Å². The lowest BCUT2D eigenvalue weighted by Crippen LogP contribution is -2.53. The van der Waals surface area contributed by atoms with Gasteiger partial charge in [-0.2, -0.15) is 13.2 Å². The molecule has 128 valence electrons. The summed E-state index contributed by atoms with van der Waals surface area (Å²) in [6.07, 6.45) is -3.79. The van der Waals surface area contributed by atoms with Crippen LogP contribution in [-0.4, -0.2) is 27.7 Å². The number of allylic oxidation sites excluding steroid dienone is 1. The Bertz CT molecular complexity index is 563. The van der Waals surface area contributed by atoms with Gasteiger partial charge in [-0.3, -0.25) is 0 Å². The van der Waals surface area contributed by atoms with E-state index >= 15 is 0 Å². The molecule has 1 aromatic carbocycles. The lowest BCUT2D eigenvalue weighted by molar-refractivity contribution is -0.220. The van der Waals surface area contributed by atoms with Crippen LogP contribution in [0.3, 0.4) is 0 Å². The number of hydrogen-bond acceptors (Lipinski definition) is 2. The van der Waals surface area contributed by atoms with Crippen molar-refractivity contribution in [3.05, 3.63) is 47.7 Å². The average molecular weight is 344 g/mol. The largest absolute Gasteiger partial charge is 0.547 e. The van der Waals surface area contributed by atoms with Gasteiger partial charge in [0.1, 0.15) is 5.41 Å². The van der Waals surface area contributed by atoms with Crippen LogP contribution in [0.4, 0.5) is 13.2 Å². The molecule has 2 unspecified atom stereocenters. The molecule has 0 heterocycles. The second-order valence-electron chi connectivity index (χ2n) is 6.84. The van der Waals surface area contributed by atoms with E-state index in [-0.39, 0.29) is 18.4 Å². The summed E-state index contributed by atoms with van der Waals surface area (Å²) >= 11 is 0. The van der Waals surface area contributed by atoms with Gasteiger partial charge in [-0.05, 0) is 37.7 Å². The molecule has 23 heavy (non-hydrogen) atoms. The van der Waals surface area contributed by atoms with Crippen LogP contribution in [0, 0.1) is 0 Å². The lowest BCUT2D eigenvalue weighted by atomic mass is 9.68. The van der Waals surface area contributed by atoms with Crippen molar-refractivity contribution in [3.63, 3.8) is 0 Å². The second kappa shape index (κ2) is 6.32. The molecule has 1 aromatic rings. The average Bonchev–Trinajstić information content (AvgIpc) is 2.45. The highest BCUT2D eigenvalue weighted by atomic mass is 28.4. The third kappa shape index (κ3) is 3.63. The van der Waals surface area contributed by atoms with Gasteiger partial charge in [0.05, 0.1) is 11.9 Å². The molecule has 0 bridgehead atoms. The number of ether oxygens (including phenoxy) is 1. The minimum absolute atomic E-state index is 0.0741. The summed E-state index contributed by atoms with van der Waals surface area (Å²) in [7, 11) is -0.542. The molecule has 0 fully saturated rings.